The van der Waals surface area contributed by atoms with Gasteiger partial charge in [0.05, 0.1) is 6.61 Å². The van der Waals surface area contributed by atoms with Crippen LogP contribution in [0.5, 0.6) is 0 Å². The highest BCUT2D eigenvalue weighted by atomic mass is 28.3. The predicted molar refractivity (Wildman–Crippen MR) is 74.8 cm³/mol. The van der Waals surface area contributed by atoms with Crippen molar-refractivity contribution in [3.63, 3.8) is 0 Å². The molecule has 0 radical (unpaired) electrons. The van der Waals surface area contributed by atoms with Crippen molar-refractivity contribution >= 4 is 15.3 Å². The molecule has 5 heteroatoms. The quantitative estimate of drug-likeness (QED) is 0.368. The molecule has 0 fully saturated rings. The molecule has 0 N–H and O–H groups in total. The lowest BCUT2D eigenvalue weighted by molar-refractivity contribution is -0.139. The second-order valence-corrected chi connectivity index (χ2v) is 6.55. The van der Waals surface area contributed by atoms with Crippen LogP contribution in [0.2, 0.25) is 6.04 Å². The Kier molecular flexibility index (Phi) is 8.96. The first-order valence-corrected chi connectivity index (χ1v) is 8.28. The second kappa shape index (κ2) is 9.30. The van der Waals surface area contributed by atoms with Crippen LogP contribution in [0.4, 0.5) is 0 Å². The molecule has 0 aromatic rings. The lowest BCUT2D eigenvalue weighted by atomic mass is 10.3. The number of ether oxygens (including phenoxy) is 1. The van der Waals surface area contributed by atoms with Crippen molar-refractivity contribution in [2.75, 3.05) is 6.61 Å². The molecule has 0 unspecified atom stereocenters. The smallest absolute Gasteiger partial charge is 0.333 e. The summed E-state index contributed by atoms with van der Waals surface area (Å²) in [6.07, 6.45) is 1.00. The van der Waals surface area contributed by atoms with E-state index < -0.39 is 9.28 Å². The van der Waals surface area contributed by atoms with Crippen molar-refractivity contribution < 1.29 is 18.4 Å². The maximum absolute atomic E-state index is 11.6. The first-order valence-electron chi connectivity index (χ1n) is 6.52. The molecular formula is C13H26O4Si. The molecule has 0 saturated heterocycles. The lowest BCUT2D eigenvalue weighted by Gasteiger charge is -2.21. The van der Waals surface area contributed by atoms with E-state index in [0.717, 1.165) is 6.42 Å². The van der Waals surface area contributed by atoms with E-state index in [2.05, 4.69) is 6.58 Å². The molecular weight excluding hydrogens is 248 g/mol. The normalized spacial score (nSPS) is 11.3. The highest BCUT2D eigenvalue weighted by molar-refractivity contribution is 6.46. The average molecular weight is 274 g/mol. The third kappa shape index (κ3) is 8.44. The summed E-state index contributed by atoms with van der Waals surface area (Å²) in [5, 5.41) is 0. The number of hydrogen-bond donors (Lipinski definition) is 0. The third-order valence-corrected chi connectivity index (χ3v) is 4.51. The molecule has 0 atom stereocenters. The Hall–Kier alpha value is -0.653. The SMILES string of the molecule is C=C(C[SiH](OC(C)C)OC(C)C)C(=O)OCCC. The maximum Gasteiger partial charge on any atom is 0.333 e. The highest BCUT2D eigenvalue weighted by Crippen LogP contribution is 2.12. The number of carbonyl (C=O) groups is 1. The minimum absolute atomic E-state index is 0.0971. The lowest BCUT2D eigenvalue weighted by Crippen LogP contribution is -2.30. The van der Waals surface area contributed by atoms with Crippen molar-refractivity contribution in [1.29, 1.82) is 0 Å². The zero-order chi connectivity index (χ0) is 14.1. The Labute approximate surface area is 112 Å². The number of rotatable bonds is 9. The van der Waals surface area contributed by atoms with E-state index in [1.807, 2.05) is 34.6 Å². The minimum atomic E-state index is -1.90. The zero-order valence-electron chi connectivity index (χ0n) is 12.2. The van der Waals surface area contributed by atoms with E-state index in [1.165, 1.54) is 0 Å². The Balaban J connectivity index is 4.28. The van der Waals surface area contributed by atoms with Crippen molar-refractivity contribution in [1.82, 2.24) is 0 Å². The fraction of sp³-hybridized carbons (Fsp3) is 0.769. The molecule has 106 valence electrons. The molecule has 0 bridgehead atoms. The number of esters is 1. The van der Waals surface area contributed by atoms with Gasteiger partial charge in [0.15, 0.2) is 0 Å². The van der Waals surface area contributed by atoms with E-state index >= 15 is 0 Å². The monoisotopic (exact) mass is 274 g/mol. The fourth-order valence-corrected chi connectivity index (χ4v) is 3.36. The van der Waals surface area contributed by atoms with E-state index in [4.69, 9.17) is 13.6 Å². The molecule has 0 spiro atoms. The van der Waals surface area contributed by atoms with Crippen LogP contribution < -0.4 is 0 Å². The first-order chi connectivity index (χ1) is 8.36. The molecule has 18 heavy (non-hydrogen) atoms. The minimum Gasteiger partial charge on any atom is -0.462 e. The fourth-order valence-electron chi connectivity index (χ4n) is 1.32. The predicted octanol–water partition coefficient (Wildman–Crippen LogP) is 2.57. The summed E-state index contributed by atoms with van der Waals surface area (Å²) in [6.45, 7) is 14.0. The molecule has 0 aliphatic heterocycles. The Bertz CT molecular complexity index is 254. The van der Waals surface area contributed by atoms with Gasteiger partial charge in [0.1, 0.15) is 0 Å². The van der Waals surface area contributed by atoms with Crippen molar-refractivity contribution in [2.24, 2.45) is 0 Å². The summed E-state index contributed by atoms with van der Waals surface area (Å²) < 4.78 is 16.5. The van der Waals surface area contributed by atoms with E-state index in [-0.39, 0.29) is 18.2 Å². The van der Waals surface area contributed by atoms with Crippen molar-refractivity contribution in [2.45, 2.75) is 59.3 Å². The van der Waals surface area contributed by atoms with Crippen molar-refractivity contribution in [3.05, 3.63) is 12.2 Å². The molecule has 0 aliphatic rings. The van der Waals surface area contributed by atoms with Gasteiger partial charge in [0.25, 0.3) is 0 Å². The van der Waals surface area contributed by atoms with Gasteiger partial charge in [-0.2, -0.15) is 0 Å². The summed E-state index contributed by atoms with van der Waals surface area (Å²) in [4.78, 5) is 11.6. The number of carbonyl (C=O) groups excluding carboxylic acids is 1. The maximum atomic E-state index is 11.6. The zero-order valence-corrected chi connectivity index (χ0v) is 13.3. The molecule has 0 amide bonds. The molecule has 0 aromatic heterocycles. The van der Waals surface area contributed by atoms with Gasteiger partial charge in [-0.05, 0) is 34.1 Å². The topological polar surface area (TPSA) is 44.8 Å². The molecule has 0 saturated carbocycles. The van der Waals surface area contributed by atoms with Crippen LogP contribution >= 0.6 is 0 Å². The standard InChI is InChI=1S/C13H26O4Si/c1-7-8-15-13(14)12(6)9-18(16-10(2)3)17-11(4)5/h10-11,18H,6-9H2,1-5H3. The summed E-state index contributed by atoms with van der Waals surface area (Å²) in [5.41, 5.74) is 0.446. The van der Waals surface area contributed by atoms with Gasteiger partial charge in [-0.15, -0.1) is 0 Å². The van der Waals surface area contributed by atoms with Crippen LogP contribution in [0.1, 0.15) is 41.0 Å². The van der Waals surface area contributed by atoms with Crippen LogP contribution in [-0.2, 0) is 18.4 Å². The summed E-state index contributed by atoms with van der Waals surface area (Å²) in [6, 6.07) is 0.471. The van der Waals surface area contributed by atoms with Gasteiger partial charge < -0.3 is 13.6 Å². The average Bonchev–Trinajstić information content (AvgIpc) is 2.23. The van der Waals surface area contributed by atoms with Gasteiger partial charge in [-0.1, -0.05) is 13.5 Å². The van der Waals surface area contributed by atoms with Gasteiger partial charge in [-0.25, -0.2) is 4.79 Å². The first kappa shape index (κ1) is 17.3. The van der Waals surface area contributed by atoms with Gasteiger partial charge in [0.2, 0.25) is 0 Å². The van der Waals surface area contributed by atoms with Gasteiger partial charge in [-0.3, -0.25) is 0 Å². The number of hydrogen-bond acceptors (Lipinski definition) is 4. The molecule has 4 nitrogen and oxygen atoms in total. The summed E-state index contributed by atoms with van der Waals surface area (Å²) in [5.74, 6) is -0.339. The highest BCUT2D eigenvalue weighted by Gasteiger charge is 2.22. The van der Waals surface area contributed by atoms with Crippen LogP contribution in [0.3, 0.4) is 0 Å². The third-order valence-electron chi connectivity index (χ3n) is 1.99. The van der Waals surface area contributed by atoms with Crippen molar-refractivity contribution in [3.8, 4) is 0 Å². The summed E-state index contributed by atoms with van der Waals surface area (Å²) in [7, 11) is -1.90. The second-order valence-electron chi connectivity index (χ2n) is 4.74. The molecule has 0 aromatic carbocycles. The molecule has 0 rings (SSSR count). The Morgan fingerprint density at radius 1 is 1.17 bits per heavy atom. The van der Waals surface area contributed by atoms with Gasteiger partial charge in [0, 0.05) is 23.8 Å². The van der Waals surface area contributed by atoms with Crippen LogP contribution in [0, 0.1) is 0 Å². The van der Waals surface area contributed by atoms with Crippen LogP contribution in [-0.4, -0.2) is 34.1 Å². The van der Waals surface area contributed by atoms with Gasteiger partial charge >= 0.3 is 15.3 Å². The molecule has 0 aliphatic carbocycles. The summed E-state index contributed by atoms with van der Waals surface area (Å²) >= 11 is 0. The van der Waals surface area contributed by atoms with Crippen LogP contribution in [0.25, 0.3) is 0 Å². The van der Waals surface area contributed by atoms with E-state index in [9.17, 15) is 4.79 Å². The van der Waals surface area contributed by atoms with E-state index in [0.29, 0.717) is 18.2 Å². The van der Waals surface area contributed by atoms with E-state index in [1.54, 1.807) is 0 Å². The largest absolute Gasteiger partial charge is 0.462 e. The molecule has 0 heterocycles. The Morgan fingerprint density at radius 2 is 1.67 bits per heavy atom. The Morgan fingerprint density at radius 3 is 2.06 bits per heavy atom. The van der Waals surface area contributed by atoms with Crippen LogP contribution in [0.15, 0.2) is 12.2 Å².